The minimum absolute atomic E-state index is 0.0173. The number of aromatic nitrogens is 5. The van der Waals surface area contributed by atoms with Crippen LogP contribution in [0.2, 0.25) is 0 Å². The van der Waals surface area contributed by atoms with E-state index in [2.05, 4.69) is 24.9 Å². The predicted molar refractivity (Wildman–Crippen MR) is 153 cm³/mol. The Morgan fingerprint density at radius 2 is 1.82 bits per heavy atom. The van der Waals surface area contributed by atoms with Gasteiger partial charge in [0.2, 0.25) is 11.9 Å². The van der Waals surface area contributed by atoms with Gasteiger partial charge in [-0.25, -0.2) is 14.4 Å². The average molecular weight is 576 g/mol. The quantitative estimate of drug-likeness (QED) is 0.336. The van der Waals surface area contributed by atoms with Crippen molar-refractivity contribution in [1.29, 1.82) is 0 Å². The van der Waals surface area contributed by atoms with Gasteiger partial charge in [0.15, 0.2) is 11.6 Å². The molecule has 0 spiro atoms. The number of halogens is 1. The highest BCUT2D eigenvalue weighted by Gasteiger charge is 2.32. The van der Waals surface area contributed by atoms with E-state index in [1.54, 1.807) is 14.2 Å². The number of hydrogen-bond acceptors (Lipinski definition) is 11. The molecule has 2 fully saturated rings. The second-order valence-corrected chi connectivity index (χ2v) is 10.1. The van der Waals surface area contributed by atoms with Crippen LogP contribution in [-0.4, -0.2) is 76.6 Å². The topological polar surface area (TPSA) is 109 Å². The summed E-state index contributed by atoms with van der Waals surface area (Å²) in [7, 11) is 3.25. The van der Waals surface area contributed by atoms with Crippen LogP contribution in [0, 0.1) is 5.82 Å². The Morgan fingerprint density at radius 1 is 1.10 bits per heavy atom. The minimum Gasteiger partial charge on any atom is -0.494 e. The van der Waals surface area contributed by atoms with Crippen molar-refractivity contribution in [2.24, 2.45) is 0 Å². The van der Waals surface area contributed by atoms with Crippen LogP contribution in [-0.2, 0) is 9.47 Å². The van der Waals surface area contributed by atoms with Gasteiger partial charge < -0.3 is 23.8 Å². The van der Waals surface area contributed by atoms with Gasteiger partial charge in [0.1, 0.15) is 23.3 Å². The lowest BCUT2D eigenvalue weighted by Gasteiger charge is -2.37. The van der Waals surface area contributed by atoms with Crippen LogP contribution >= 0.6 is 11.9 Å². The smallest absolute Gasteiger partial charge is 0.239 e. The van der Waals surface area contributed by atoms with E-state index in [4.69, 9.17) is 18.9 Å². The molecule has 2 aliphatic rings. The van der Waals surface area contributed by atoms with E-state index in [1.807, 2.05) is 48.4 Å². The molecule has 2 saturated heterocycles. The number of nitrogens with zero attached hydrogens (tertiary/aromatic N) is 6. The molecule has 2 aliphatic heterocycles. The summed E-state index contributed by atoms with van der Waals surface area (Å²) in [5, 5.41) is 9.11. The average Bonchev–Trinajstić information content (AvgIpc) is 3.67. The standard InChI is InChI=1S/C25H32FN7O4S.C2H6/c1-4-36-17-11-18(15-32(14-17)24-27-12-16(26)13-28-24)38-31-25-30-29-23(21-9-6-10-37-21)33(25)22-19(34-2)7-5-8-20(22)35-3;1-2/h5,7-8,12-13,17-18,21H,4,6,9-11,14-15H2,1-3H3,(H,30,31);1-2H3. The second kappa shape index (κ2) is 14.5. The molecule has 3 aromatic rings. The molecule has 0 radical (unpaired) electrons. The molecular weight excluding hydrogens is 537 g/mol. The van der Waals surface area contributed by atoms with Crippen molar-refractivity contribution < 1.29 is 23.3 Å². The van der Waals surface area contributed by atoms with Gasteiger partial charge in [0.25, 0.3) is 0 Å². The van der Waals surface area contributed by atoms with Gasteiger partial charge in [-0.1, -0.05) is 19.9 Å². The number of methoxy groups -OCH3 is 2. The zero-order valence-electron chi connectivity index (χ0n) is 23.7. The number of benzene rings is 1. The van der Waals surface area contributed by atoms with Crippen LogP contribution in [0.4, 0.5) is 16.3 Å². The largest absolute Gasteiger partial charge is 0.494 e. The summed E-state index contributed by atoms with van der Waals surface area (Å²) < 4.78 is 42.1. The molecule has 1 N–H and O–H groups in total. The van der Waals surface area contributed by atoms with Crippen LogP contribution in [0.25, 0.3) is 5.69 Å². The summed E-state index contributed by atoms with van der Waals surface area (Å²) in [5.74, 6) is 2.49. The lowest BCUT2D eigenvalue weighted by Crippen LogP contribution is -2.46. The molecule has 5 rings (SSSR count). The minimum atomic E-state index is -0.465. The molecule has 0 bridgehead atoms. The van der Waals surface area contributed by atoms with Gasteiger partial charge in [-0.3, -0.25) is 9.29 Å². The number of anilines is 2. The van der Waals surface area contributed by atoms with Crippen LogP contribution in [0.15, 0.2) is 30.6 Å². The Kier molecular flexibility index (Phi) is 10.8. The van der Waals surface area contributed by atoms with Gasteiger partial charge in [-0.05, 0) is 50.3 Å². The molecule has 11 nitrogen and oxygen atoms in total. The summed E-state index contributed by atoms with van der Waals surface area (Å²) in [6.45, 7) is 8.54. The van der Waals surface area contributed by atoms with Gasteiger partial charge in [-0.2, -0.15) is 0 Å². The van der Waals surface area contributed by atoms with Gasteiger partial charge in [0, 0.05) is 31.6 Å². The molecular formula is C27H38FN7O4S. The molecule has 40 heavy (non-hydrogen) atoms. The second-order valence-electron chi connectivity index (χ2n) is 8.99. The molecule has 4 heterocycles. The molecule has 1 aromatic carbocycles. The number of para-hydroxylation sites is 1. The number of ether oxygens (including phenoxy) is 4. The van der Waals surface area contributed by atoms with E-state index in [0.717, 1.165) is 19.3 Å². The van der Waals surface area contributed by atoms with Crippen LogP contribution < -0.4 is 19.1 Å². The van der Waals surface area contributed by atoms with Crippen molar-refractivity contribution >= 4 is 23.8 Å². The summed E-state index contributed by atoms with van der Waals surface area (Å²) in [6.07, 6.45) is 4.80. The highest BCUT2D eigenvalue weighted by Crippen LogP contribution is 2.39. The molecule has 2 aromatic heterocycles. The Morgan fingerprint density at radius 3 is 2.45 bits per heavy atom. The van der Waals surface area contributed by atoms with Crippen molar-refractivity contribution in [2.45, 2.75) is 57.5 Å². The molecule has 0 aliphatic carbocycles. The van der Waals surface area contributed by atoms with Gasteiger partial charge in [-0.15, -0.1) is 10.2 Å². The molecule has 218 valence electrons. The van der Waals surface area contributed by atoms with E-state index in [1.165, 1.54) is 24.3 Å². The Bertz CT molecular complexity index is 1190. The molecule has 13 heteroatoms. The van der Waals surface area contributed by atoms with Crippen LogP contribution in [0.1, 0.15) is 52.0 Å². The van der Waals surface area contributed by atoms with E-state index < -0.39 is 5.82 Å². The highest BCUT2D eigenvalue weighted by atomic mass is 32.2. The lowest BCUT2D eigenvalue weighted by molar-refractivity contribution is 0.0538. The van der Waals surface area contributed by atoms with Crippen molar-refractivity contribution in [3.05, 3.63) is 42.2 Å². The Labute approximate surface area is 238 Å². The fourth-order valence-corrected chi connectivity index (χ4v) is 5.81. The third kappa shape index (κ3) is 6.76. The Hall–Kier alpha value is -3.16. The maximum atomic E-state index is 13.4. The SMILES string of the molecule is CC.CCOC1CC(SNc2nnc(C3CCCO3)n2-c2c(OC)cccc2OC)CN(c2ncc(F)cn2)C1. The van der Waals surface area contributed by atoms with Crippen LogP contribution in [0.3, 0.4) is 0 Å². The van der Waals surface area contributed by atoms with E-state index in [9.17, 15) is 4.39 Å². The van der Waals surface area contributed by atoms with E-state index in [0.29, 0.717) is 61.2 Å². The Balaban J connectivity index is 0.00000181. The summed E-state index contributed by atoms with van der Waals surface area (Å²) >= 11 is 1.53. The third-order valence-electron chi connectivity index (χ3n) is 6.51. The molecule has 3 atom stereocenters. The molecule has 3 unspecified atom stereocenters. The molecule has 0 amide bonds. The van der Waals surface area contributed by atoms with Crippen molar-refractivity contribution in [3.8, 4) is 17.2 Å². The number of nitrogens with one attached hydrogen (secondary N) is 1. The number of piperidine rings is 1. The fraction of sp³-hybridized carbons (Fsp3) is 0.556. The predicted octanol–water partition coefficient (Wildman–Crippen LogP) is 4.84. The first kappa shape index (κ1) is 29.8. The first-order chi connectivity index (χ1) is 19.6. The first-order valence-corrected chi connectivity index (χ1v) is 14.5. The molecule has 0 saturated carbocycles. The first-order valence-electron chi connectivity index (χ1n) is 13.6. The number of rotatable bonds is 10. The third-order valence-corrected chi connectivity index (χ3v) is 7.49. The maximum absolute atomic E-state index is 13.4. The van der Waals surface area contributed by atoms with Crippen molar-refractivity contribution in [3.63, 3.8) is 0 Å². The number of hydrogen-bond donors (Lipinski definition) is 1. The zero-order valence-corrected chi connectivity index (χ0v) is 24.5. The zero-order chi connectivity index (χ0) is 28.5. The summed E-state index contributed by atoms with van der Waals surface area (Å²) in [5.41, 5.74) is 0.702. The normalized spacial score (nSPS) is 20.6. The fourth-order valence-electron chi connectivity index (χ4n) is 4.84. The lowest BCUT2D eigenvalue weighted by atomic mass is 10.1. The van der Waals surface area contributed by atoms with E-state index in [-0.39, 0.29) is 17.5 Å². The van der Waals surface area contributed by atoms with Crippen molar-refractivity contribution in [1.82, 2.24) is 24.7 Å². The summed E-state index contributed by atoms with van der Waals surface area (Å²) in [4.78, 5) is 10.4. The monoisotopic (exact) mass is 575 g/mol. The van der Waals surface area contributed by atoms with Gasteiger partial charge in [0.05, 0.1) is 32.7 Å². The van der Waals surface area contributed by atoms with Gasteiger partial charge >= 0.3 is 0 Å². The van der Waals surface area contributed by atoms with E-state index >= 15 is 0 Å². The summed E-state index contributed by atoms with van der Waals surface area (Å²) in [6, 6.07) is 5.63. The highest BCUT2D eigenvalue weighted by molar-refractivity contribution is 8.01. The van der Waals surface area contributed by atoms with Crippen LogP contribution in [0.5, 0.6) is 11.5 Å². The maximum Gasteiger partial charge on any atom is 0.239 e. The van der Waals surface area contributed by atoms with Crippen molar-refractivity contribution in [2.75, 3.05) is 50.1 Å².